The number of rotatable bonds is 8. The number of aromatic nitrogens is 2. The summed E-state index contributed by atoms with van der Waals surface area (Å²) in [5.41, 5.74) is 8.81. The van der Waals surface area contributed by atoms with Crippen molar-refractivity contribution < 1.29 is 23.5 Å². The summed E-state index contributed by atoms with van der Waals surface area (Å²) >= 11 is 0. The molecule has 0 aliphatic carbocycles. The summed E-state index contributed by atoms with van der Waals surface area (Å²) in [6, 6.07) is 7.84. The predicted octanol–water partition coefficient (Wildman–Crippen LogP) is 4.12. The number of carbonyl (C=O) groups is 2. The molecule has 4 rings (SSSR count). The minimum absolute atomic E-state index is 0.0583. The minimum atomic E-state index is -0.584. The number of halogens is 1. The van der Waals surface area contributed by atoms with Crippen molar-refractivity contribution in [1.29, 1.82) is 0 Å². The van der Waals surface area contributed by atoms with Crippen LogP contribution in [0.4, 0.5) is 15.9 Å². The molecule has 1 aromatic heterocycles. The Kier molecular flexibility index (Phi) is 7.34. The number of nitrogens with one attached hydrogen (secondary N) is 1. The number of ether oxygens (including phenoxy) is 2. The zero-order chi connectivity index (χ0) is 27.6. The molecule has 0 saturated carbocycles. The van der Waals surface area contributed by atoms with Crippen molar-refractivity contribution in [3.05, 3.63) is 71.8 Å². The monoisotopic (exact) mass is 519 g/mol. The second-order valence-corrected chi connectivity index (χ2v) is 9.71. The van der Waals surface area contributed by atoms with Gasteiger partial charge in [0.1, 0.15) is 30.2 Å². The van der Waals surface area contributed by atoms with Crippen LogP contribution in [0, 0.1) is 12.7 Å². The van der Waals surface area contributed by atoms with Crippen LogP contribution in [0.3, 0.4) is 0 Å². The van der Waals surface area contributed by atoms with Crippen molar-refractivity contribution in [2.24, 2.45) is 0 Å². The van der Waals surface area contributed by atoms with Gasteiger partial charge in [0.2, 0.25) is 5.91 Å². The maximum atomic E-state index is 14.8. The van der Waals surface area contributed by atoms with Gasteiger partial charge in [0.15, 0.2) is 11.6 Å². The van der Waals surface area contributed by atoms with Crippen LogP contribution in [0.5, 0.6) is 11.5 Å². The van der Waals surface area contributed by atoms with E-state index in [4.69, 9.17) is 15.2 Å². The zero-order valence-electron chi connectivity index (χ0n) is 21.8. The fourth-order valence-electron chi connectivity index (χ4n) is 4.20. The van der Waals surface area contributed by atoms with E-state index in [-0.39, 0.29) is 47.4 Å². The zero-order valence-corrected chi connectivity index (χ0v) is 21.8. The lowest BCUT2D eigenvalue weighted by Crippen LogP contribution is -2.29. The van der Waals surface area contributed by atoms with E-state index in [1.54, 1.807) is 26.1 Å². The Morgan fingerprint density at radius 1 is 1.29 bits per heavy atom. The van der Waals surface area contributed by atoms with E-state index >= 15 is 0 Å². The highest BCUT2D eigenvalue weighted by atomic mass is 19.1. The molecule has 2 aromatic carbocycles. The van der Waals surface area contributed by atoms with Gasteiger partial charge in [-0.3, -0.25) is 9.59 Å². The number of nitrogen functional groups attached to an aromatic ring is 1. The lowest BCUT2D eigenvalue weighted by atomic mass is 9.86. The molecule has 0 unspecified atom stereocenters. The molecule has 1 aliphatic rings. The third kappa shape index (κ3) is 5.29. The number of hydrogen-bond acceptors (Lipinski definition) is 7. The summed E-state index contributed by atoms with van der Waals surface area (Å²) in [5.74, 6) is -0.378. The molecule has 9 nitrogen and oxygen atoms in total. The molecule has 0 saturated heterocycles. The number of nitrogens with two attached hydrogens (primary N) is 1. The topological polar surface area (TPSA) is 120 Å². The summed E-state index contributed by atoms with van der Waals surface area (Å²) in [4.78, 5) is 34.5. The molecule has 1 aliphatic heterocycles. The van der Waals surface area contributed by atoms with Gasteiger partial charge < -0.3 is 25.4 Å². The summed E-state index contributed by atoms with van der Waals surface area (Å²) in [7, 11) is 1.61. The van der Waals surface area contributed by atoms with Gasteiger partial charge in [0.05, 0.1) is 13.2 Å². The lowest BCUT2D eigenvalue weighted by Gasteiger charge is -2.18. The summed E-state index contributed by atoms with van der Waals surface area (Å²) < 4.78 is 26.4. The highest BCUT2D eigenvalue weighted by Crippen LogP contribution is 2.39. The van der Waals surface area contributed by atoms with Crippen LogP contribution in [0.25, 0.3) is 11.3 Å². The first-order valence-electron chi connectivity index (χ1n) is 12.0. The molecule has 38 heavy (non-hydrogen) atoms. The lowest BCUT2D eigenvalue weighted by molar-refractivity contribution is -0.125. The Bertz CT molecular complexity index is 1420. The van der Waals surface area contributed by atoms with E-state index < -0.39 is 11.7 Å². The van der Waals surface area contributed by atoms with E-state index in [1.807, 2.05) is 6.07 Å². The predicted molar refractivity (Wildman–Crippen MR) is 143 cm³/mol. The fourth-order valence-corrected chi connectivity index (χ4v) is 4.20. The largest absolute Gasteiger partial charge is 0.492 e. The molecule has 2 amide bonds. The van der Waals surface area contributed by atoms with Crippen molar-refractivity contribution in [3.63, 3.8) is 0 Å². The number of likely N-dealkylation sites (N-methyl/N-ethyl adjacent to an activating group) is 1. The molecule has 0 spiro atoms. The number of hydrogen-bond donors (Lipinski definition) is 2. The molecule has 0 fully saturated rings. The number of carbonyl (C=O) groups excluding carboxylic acids is 2. The van der Waals surface area contributed by atoms with Gasteiger partial charge in [-0.2, -0.15) is 0 Å². The molecule has 3 N–H and O–H groups in total. The van der Waals surface area contributed by atoms with Gasteiger partial charge in [0, 0.05) is 34.8 Å². The average molecular weight is 520 g/mol. The highest BCUT2D eigenvalue weighted by molar-refractivity contribution is 6.05. The quantitative estimate of drug-likeness (QED) is 0.430. The molecule has 3 aromatic rings. The van der Waals surface area contributed by atoms with Crippen LogP contribution in [0.15, 0.2) is 49.3 Å². The Labute approximate surface area is 220 Å². The van der Waals surface area contributed by atoms with Gasteiger partial charge in [-0.1, -0.05) is 26.5 Å². The molecule has 2 heterocycles. The van der Waals surface area contributed by atoms with Crippen LogP contribution in [-0.2, 0) is 10.2 Å². The third-order valence-corrected chi connectivity index (χ3v) is 6.49. The smallest absolute Gasteiger partial charge is 0.255 e. The van der Waals surface area contributed by atoms with E-state index in [9.17, 15) is 14.0 Å². The first kappa shape index (κ1) is 26.6. The number of fused-ring (bicyclic) bond motifs is 1. The Balaban J connectivity index is 1.61. The fraction of sp³-hybridized carbons (Fsp3) is 0.286. The molecular formula is C28H30FN5O4. The van der Waals surface area contributed by atoms with Crippen LogP contribution in [-0.4, -0.2) is 53.5 Å². The molecule has 10 heteroatoms. The summed E-state index contributed by atoms with van der Waals surface area (Å²) in [6.45, 7) is 10.2. The van der Waals surface area contributed by atoms with Gasteiger partial charge in [-0.25, -0.2) is 14.4 Å². The maximum absolute atomic E-state index is 14.8. The number of anilines is 2. The molecular weight excluding hydrogens is 489 g/mol. The Morgan fingerprint density at radius 3 is 2.79 bits per heavy atom. The molecule has 0 atom stereocenters. The molecule has 0 radical (unpaired) electrons. The molecule has 198 valence electrons. The van der Waals surface area contributed by atoms with E-state index in [0.717, 1.165) is 5.56 Å². The van der Waals surface area contributed by atoms with Gasteiger partial charge >= 0.3 is 0 Å². The molecule has 0 bridgehead atoms. The van der Waals surface area contributed by atoms with Crippen LogP contribution in [0.1, 0.15) is 35.3 Å². The first-order chi connectivity index (χ1) is 18.0. The van der Waals surface area contributed by atoms with Gasteiger partial charge in [-0.05, 0) is 42.8 Å². The summed E-state index contributed by atoms with van der Waals surface area (Å²) in [6.07, 6.45) is 2.45. The number of amides is 2. The van der Waals surface area contributed by atoms with Crippen molar-refractivity contribution in [2.75, 3.05) is 37.9 Å². The first-order valence-corrected chi connectivity index (χ1v) is 12.0. The second kappa shape index (κ2) is 10.5. The van der Waals surface area contributed by atoms with Crippen molar-refractivity contribution in [2.45, 2.75) is 26.2 Å². The average Bonchev–Trinajstić information content (AvgIpc) is 3.20. The van der Waals surface area contributed by atoms with Crippen molar-refractivity contribution in [3.8, 4) is 22.8 Å². The van der Waals surface area contributed by atoms with Crippen LogP contribution >= 0.6 is 0 Å². The number of benzene rings is 2. The van der Waals surface area contributed by atoms with Gasteiger partial charge in [-0.15, -0.1) is 0 Å². The van der Waals surface area contributed by atoms with Crippen LogP contribution < -0.4 is 20.5 Å². The van der Waals surface area contributed by atoms with Crippen molar-refractivity contribution in [1.82, 2.24) is 14.9 Å². The number of nitrogens with zero attached hydrogens (tertiary/aromatic N) is 3. The Morgan fingerprint density at radius 2 is 2.05 bits per heavy atom. The standard InChI is InChI=1S/C28H30FN5O4/c1-6-23(35)34(5)9-10-37-25-24(31-15-32-26(25)30)19-12-18(29)13-21(16(19)2)33-27(36)17-7-8-20-22(11-17)38-14-28(20,3)4/h6-8,11-13,15H,1,9-10,14H2,2-5H3,(H,33,36)(H2,30,31,32). The van der Waals surface area contributed by atoms with E-state index in [0.29, 0.717) is 29.0 Å². The summed E-state index contributed by atoms with van der Waals surface area (Å²) in [5, 5.41) is 2.80. The highest BCUT2D eigenvalue weighted by Gasteiger charge is 2.32. The third-order valence-electron chi connectivity index (χ3n) is 6.49. The minimum Gasteiger partial charge on any atom is -0.492 e. The SMILES string of the molecule is C=CC(=O)N(C)CCOc1c(N)ncnc1-c1cc(F)cc(NC(=O)c2ccc3c(c2)OCC3(C)C)c1C. The second-order valence-electron chi connectivity index (χ2n) is 9.71. The normalized spacial score (nSPS) is 13.3. The maximum Gasteiger partial charge on any atom is 0.255 e. The van der Waals surface area contributed by atoms with E-state index in [1.165, 1.54) is 29.4 Å². The van der Waals surface area contributed by atoms with Crippen LogP contribution in [0.2, 0.25) is 0 Å². The Hall–Kier alpha value is -4.47. The van der Waals surface area contributed by atoms with Gasteiger partial charge in [0.25, 0.3) is 5.91 Å². The van der Waals surface area contributed by atoms with E-state index in [2.05, 4.69) is 35.7 Å². The van der Waals surface area contributed by atoms with Crippen molar-refractivity contribution >= 4 is 23.3 Å².